The van der Waals surface area contributed by atoms with Gasteiger partial charge in [-0.25, -0.2) is 0 Å². The summed E-state index contributed by atoms with van der Waals surface area (Å²) in [6.07, 6.45) is 2.32. The van der Waals surface area contributed by atoms with Gasteiger partial charge in [0.15, 0.2) is 0 Å². The highest BCUT2D eigenvalue weighted by molar-refractivity contribution is 6.01. The van der Waals surface area contributed by atoms with Gasteiger partial charge in [-0.05, 0) is 56.1 Å². The van der Waals surface area contributed by atoms with E-state index in [9.17, 15) is 4.79 Å². The molecule has 0 atom stereocenters. The lowest BCUT2D eigenvalue weighted by atomic mass is 9.90. The van der Waals surface area contributed by atoms with Crippen LogP contribution in [0.15, 0.2) is 18.2 Å². The summed E-state index contributed by atoms with van der Waals surface area (Å²) in [6, 6.07) is 5.90. The predicted molar refractivity (Wildman–Crippen MR) is 88.1 cm³/mol. The van der Waals surface area contributed by atoms with Gasteiger partial charge in [0.25, 0.3) is 5.91 Å². The lowest BCUT2D eigenvalue weighted by Crippen LogP contribution is -2.55. The smallest absolute Gasteiger partial charge is 0.259 e. The summed E-state index contributed by atoms with van der Waals surface area (Å²) in [5.74, 6) is 0.932. The molecule has 0 radical (unpaired) electrons. The summed E-state index contributed by atoms with van der Waals surface area (Å²) in [7, 11) is 3.31. The van der Waals surface area contributed by atoms with E-state index >= 15 is 0 Å². The molecule has 0 saturated carbocycles. The third-order valence-corrected chi connectivity index (χ3v) is 4.62. The van der Waals surface area contributed by atoms with Crippen LogP contribution in [0.2, 0.25) is 0 Å². The third-order valence-electron chi connectivity index (χ3n) is 4.62. The molecule has 0 spiro atoms. The van der Waals surface area contributed by atoms with Crippen LogP contribution in [0.4, 0.5) is 5.69 Å². The van der Waals surface area contributed by atoms with E-state index in [0.29, 0.717) is 0 Å². The largest absolute Gasteiger partial charge is 0.497 e. The summed E-state index contributed by atoms with van der Waals surface area (Å²) in [5.41, 5.74) is 1.49. The molecule has 0 bridgehead atoms. The maximum Gasteiger partial charge on any atom is 0.259 e. The lowest BCUT2D eigenvalue weighted by molar-refractivity contribution is -0.143. The van der Waals surface area contributed by atoms with E-state index < -0.39 is 5.60 Å². The number of fused-ring (bicyclic) bond motifs is 1. The Morgan fingerprint density at radius 2 is 2.00 bits per heavy atom. The second-order valence-electron chi connectivity index (χ2n) is 5.65. The molecule has 2 heterocycles. The molecule has 1 aromatic carbocycles. The zero-order valence-electron chi connectivity index (χ0n) is 13.1. The number of carbonyl (C=O) groups excluding carboxylic acids is 1. The first-order chi connectivity index (χ1) is 10.2. The van der Waals surface area contributed by atoms with Crippen LogP contribution < -0.4 is 15.0 Å². The lowest BCUT2D eigenvalue weighted by Gasteiger charge is -2.37. The van der Waals surface area contributed by atoms with Crippen LogP contribution in [0.5, 0.6) is 5.75 Å². The van der Waals surface area contributed by atoms with E-state index in [0.717, 1.165) is 50.3 Å². The van der Waals surface area contributed by atoms with Gasteiger partial charge in [-0.1, -0.05) is 0 Å². The number of ether oxygens (including phenoxy) is 2. The average molecular weight is 327 g/mol. The number of hydrogen-bond acceptors (Lipinski definition) is 4. The Morgan fingerprint density at radius 3 is 2.64 bits per heavy atom. The Balaban J connectivity index is 0.00000176. The Kier molecular flexibility index (Phi) is 5.32. The molecule has 3 rings (SSSR count). The minimum absolute atomic E-state index is 0. The first-order valence-electron chi connectivity index (χ1n) is 7.45. The number of anilines is 1. The van der Waals surface area contributed by atoms with Crippen molar-refractivity contribution in [2.75, 3.05) is 38.8 Å². The Labute approximate surface area is 137 Å². The maximum absolute atomic E-state index is 13.0. The van der Waals surface area contributed by atoms with Crippen molar-refractivity contribution in [1.29, 1.82) is 0 Å². The molecule has 22 heavy (non-hydrogen) atoms. The summed E-state index contributed by atoms with van der Waals surface area (Å²) in [4.78, 5) is 14.9. The molecule has 1 saturated heterocycles. The molecule has 6 heteroatoms. The second kappa shape index (κ2) is 6.86. The number of amides is 1. The van der Waals surface area contributed by atoms with E-state index in [4.69, 9.17) is 9.47 Å². The molecule has 1 amide bonds. The summed E-state index contributed by atoms with van der Waals surface area (Å²) in [5, 5.41) is 3.29. The second-order valence-corrected chi connectivity index (χ2v) is 5.65. The molecule has 1 fully saturated rings. The van der Waals surface area contributed by atoms with Gasteiger partial charge in [0, 0.05) is 19.3 Å². The van der Waals surface area contributed by atoms with Crippen molar-refractivity contribution in [3.8, 4) is 5.75 Å². The molecule has 2 aliphatic heterocycles. The summed E-state index contributed by atoms with van der Waals surface area (Å²) >= 11 is 0. The van der Waals surface area contributed by atoms with Crippen molar-refractivity contribution < 1.29 is 14.3 Å². The van der Waals surface area contributed by atoms with E-state index in [1.54, 1.807) is 14.2 Å². The number of carbonyl (C=O) groups is 1. The van der Waals surface area contributed by atoms with Gasteiger partial charge in [-0.3, -0.25) is 4.79 Å². The van der Waals surface area contributed by atoms with Gasteiger partial charge >= 0.3 is 0 Å². The minimum atomic E-state index is -0.674. The van der Waals surface area contributed by atoms with Crippen molar-refractivity contribution in [3.05, 3.63) is 23.8 Å². The molecular formula is C16H23ClN2O3. The normalized spacial score (nSPS) is 19.3. The Morgan fingerprint density at radius 1 is 1.27 bits per heavy atom. The Bertz CT molecular complexity index is 544. The van der Waals surface area contributed by atoms with Crippen LogP contribution in [0, 0.1) is 0 Å². The molecule has 0 unspecified atom stereocenters. The van der Waals surface area contributed by atoms with Crippen LogP contribution in [-0.4, -0.2) is 45.4 Å². The number of nitrogens with zero attached hydrogens (tertiary/aromatic N) is 1. The minimum Gasteiger partial charge on any atom is -0.497 e. The van der Waals surface area contributed by atoms with Gasteiger partial charge in [0.2, 0.25) is 0 Å². The van der Waals surface area contributed by atoms with E-state index in [2.05, 4.69) is 5.32 Å². The van der Waals surface area contributed by atoms with Gasteiger partial charge in [-0.2, -0.15) is 0 Å². The summed E-state index contributed by atoms with van der Waals surface area (Å²) < 4.78 is 10.9. The fourth-order valence-corrected chi connectivity index (χ4v) is 3.30. The number of halogens is 1. The first kappa shape index (κ1) is 17.1. The van der Waals surface area contributed by atoms with Crippen LogP contribution >= 0.6 is 12.4 Å². The molecular weight excluding hydrogens is 304 g/mol. The molecule has 1 N–H and O–H groups in total. The highest BCUT2D eigenvalue weighted by atomic mass is 35.5. The molecule has 2 aliphatic rings. The SMILES string of the molecule is COc1ccc2c(c1)CCN2C(=O)C1(OC)CCNCC1.Cl. The Hall–Kier alpha value is -1.30. The van der Waals surface area contributed by atoms with Crippen LogP contribution in [0.25, 0.3) is 0 Å². The highest BCUT2D eigenvalue weighted by Gasteiger charge is 2.44. The van der Waals surface area contributed by atoms with E-state index in [-0.39, 0.29) is 18.3 Å². The number of methoxy groups -OCH3 is 2. The van der Waals surface area contributed by atoms with Crippen molar-refractivity contribution in [1.82, 2.24) is 5.32 Å². The average Bonchev–Trinajstić information content (AvgIpc) is 2.97. The van der Waals surface area contributed by atoms with Crippen molar-refractivity contribution in [2.24, 2.45) is 0 Å². The van der Waals surface area contributed by atoms with Gasteiger partial charge in [0.1, 0.15) is 11.4 Å². The highest BCUT2D eigenvalue weighted by Crippen LogP contribution is 2.35. The zero-order chi connectivity index (χ0) is 14.9. The number of rotatable bonds is 3. The standard InChI is InChI=1S/C16H22N2O3.ClH/c1-20-13-3-4-14-12(11-13)5-10-18(14)15(19)16(21-2)6-8-17-9-7-16;/h3-4,11,17H,5-10H2,1-2H3;1H. The zero-order valence-corrected chi connectivity index (χ0v) is 13.9. The molecule has 122 valence electrons. The third kappa shape index (κ3) is 2.81. The van der Waals surface area contributed by atoms with Gasteiger partial charge in [-0.15, -0.1) is 12.4 Å². The van der Waals surface area contributed by atoms with Crippen LogP contribution in [0.1, 0.15) is 18.4 Å². The fraction of sp³-hybridized carbons (Fsp3) is 0.562. The van der Waals surface area contributed by atoms with Gasteiger partial charge < -0.3 is 19.7 Å². The number of nitrogens with one attached hydrogen (secondary N) is 1. The predicted octanol–water partition coefficient (Wildman–Crippen LogP) is 1.77. The maximum atomic E-state index is 13.0. The molecule has 0 aliphatic carbocycles. The summed E-state index contributed by atoms with van der Waals surface area (Å²) in [6.45, 7) is 2.37. The molecule has 5 nitrogen and oxygen atoms in total. The van der Waals surface area contributed by atoms with Crippen molar-refractivity contribution in [2.45, 2.75) is 24.9 Å². The van der Waals surface area contributed by atoms with Crippen LogP contribution in [0.3, 0.4) is 0 Å². The number of piperidine rings is 1. The fourth-order valence-electron chi connectivity index (χ4n) is 3.30. The monoisotopic (exact) mass is 326 g/mol. The van der Waals surface area contributed by atoms with Crippen molar-refractivity contribution >= 4 is 24.0 Å². The van der Waals surface area contributed by atoms with E-state index in [1.807, 2.05) is 23.1 Å². The van der Waals surface area contributed by atoms with Crippen molar-refractivity contribution in [3.63, 3.8) is 0 Å². The van der Waals surface area contributed by atoms with Gasteiger partial charge in [0.05, 0.1) is 7.11 Å². The topological polar surface area (TPSA) is 50.8 Å². The molecule has 1 aromatic rings. The number of benzene rings is 1. The molecule has 0 aromatic heterocycles. The number of hydrogen-bond donors (Lipinski definition) is 1. The van der Waals surface area contributed by atoms with E-state index in [1.165, 1.54) is 5.56 Å². The quantitative estimate of drug-likeness (QED) is 0.920. The van der Waals surface area contributed by atoms with Crippen LogP contribution in [-0.2, 0) is 16.0 Å². The first-order valence-corrected chi connectivity index (χ1v) is 7.45.